The predicted molar refractivity (Wildman–Crippen MR) is 45.1 cm³/mol. The van der Waals surface area contributed by atoms with E-state index in [-0.39, 0.29) is 18.9 Å². The Kier molecular flexibility index (Phi) is 5.39. The summed E-state index contributed by atoms with van der Waals surface area (Å²) in [6, 6.07) is -1.90. The van der Waals surface area contributed by atoms with Gasteiger partial charge >= 0.3 is 24.8 Å². The van der Waals surface area contributed by atoms with E-state index in [2.05, 4.69) is 10.1 Å². The second kappa shape index (κ2) is 5.78. The molecule has 1 aromatic rings. The van der Waals surface area contributed by atoms with Gasteiger partial charge in [-0.25, -0.2) is 27.6 Å². The first kappa shape index (κ1) is 14.0. The summed E-state index contributed by atoms with van der Waals surface area (Å²) in [5, 5.41) is 11.7. The first-order chi connectivity index (χ1) is 6.57. The van der Waals surface area contributed by atoms with Crippen LogP contribution in [0.1, 0.15) is 16.7 Å². The number of alkyl halides is 3. The summed E-state index contributed by atoms with van der Waals surface area (Å²) in [6.45, 7) is -1.40. The average Bonchev–Trinajstić information content (AvgIpc) is 2.53. The molecular weight excluding hydrogens is 210 g/mol. The summed E-state index contributed by atoms with van der Waals surface area (Å²) in [5.41, 5.74) is 0. The standard InChI is InChI=1S/C6H6F3N3O2.Li.H/c7-1-3(4(8)9)12-5(6(13)14)10-2-11-12;;/h2-4H,1H2,(H,13,14);;. The molecule has 1 N–H and O–H groups in total. The van der Waals surface area contributed by atoms with Crippen LogP contribution in [0.4, 0.5) is 13.2 Å². The van der Waals surface area contributed by atoms with Gasteiger partial charge in [0.25, 0.3) is 6.43 Å². The van der Waals surface area contributed by atoms with Crippen molar-refractivity contribution < 1.29 is 23.1 Å². The molecule has 0 aliphatic carbocycles. The maximum atomic E-state index is 12.2. The van der Waals surface area contributed by atoms with Gasteiger partial charge < -0.3 is 5.11 Å². The molecule has 0 aliphatic heterocycles. The van der Waals surface area contributed by atoms with Crippen LogP contribution in [0.5, 0.6) is 0 Å². The number of nitrogens with zero attached hydrogens (tertiary/aromatic N) is 3. The Morgan fingerprint density at radius 1 is 1.60 bits per heavy atom. The average molecular weight is 217 g/mol. The van der Waals surface area contributed by atoms with Crippen molar-refractivity contribution in [3.05, 3.63) is 12.2 Å². The Labute approximate surface area is 94.5 Å². The van der Waals surface area contributed by atoms with E-state index in [1.54, 1.807) is 0 Å². The SMILES string of the molecule is O=C(O)c1ncnn1C(CF)C(F)F.[LiH]. The van der Waals surface area contributed by atoms with Crippen molar-refractivity contribution in [2.24, 2.45) is 0 Å². The van der Waals surface area contributed by atoms with Gasteiger partial charge in [0.2, 0.25) is 5.82 Å². The molecule has 1 aromatic heterocycles. The van der Waals surface area contributed by atoms with Crippen LogP contribution in [0.2, 0.25) is 0 Å². The molecule has 0 saturated carbocycles. The maximum absolute atomic E-state index is 12.2. The van der Waals surface area contributed by atoms with Crippen LogP contribution in [0.25, 0.3) is 0 Å². The summed E-state index contributed by atoms with van der Waals surface area (Å²) in [6.07, 6.45) is -2.24. The van der Waals surface area contributed by atoms with E-state index >= 15 is 0 Å². The molecule has 0 radical (unpaired) electrons. The van der Waals surface area contributed by atoms with Gasteiger partial charge in [-0.3, -0.25) is 0 Å². The monoisotopic (exact) mass is 217 g/mol. The number of hydrogen-bond acceptors (Lipinski definition) is 3. The van der Waals surface area contributed by atoms with E-state index in [9.17, 15) is 18.0 Å². The third kappa shape index (κ3) is 2.97. The summed E-state index contributed by atoms with van der Waals surface area (Å²) < 4.78 is 36.9. The summed E-state index contributed by atoms with van der Waals surface area (Å²) in [4.78, 5) is 13.7. The number of aromatic nitrogens is 3. The molecule has 1 rings (SSSR count). The molecule has 0 bridgehead atoms. The van der Waals surface area contributed by atoms with E-state index in [0.29, 0.717) is 4.68 Å². The third-order valence-corrected chi connectivity index (χ3v) is 1.53. The number of aromatic carboxylic acids is 1. The molecule has 0 aliphatic rings. The molecule has 80 valence electrons. The van der Waals surface area contributed by atoms with Crippen LogP contribution in [-0.4, -0.2) is 57.8 Å². The van der Waals surface area contributed by atoms with Gasteiger partial charge in [0, 0.05) is 0 Å². The molecular formula is C6H7F3LiN3O2. The van der Waals surface area contributed by atoms with E-state index in [1.807, 2.05) is 0 Å². The van der Waals surface area contributed by atoms with E-state index in [1.165, 1.54) is 0 Å². The zero-order chi connectivity index (χ0) is 10.7. The molecule has 5 nitrogen and oxygen atoms in total. The zero-order valence-corrected chi connectivity index (χ0v) is 6.77. The second-order valence-corrected chi connectivity index (χ2v) is 2.39. The fourth-order valence-electron chi connectivity index (χ4n) is 0.885. The molecule has 1 unspecified atom stereocenters. The fourth-order valence-corrected chi connectivity index (χ4v) is 0.885. The van der Waals surface area contributed by atoms with Gasteiger partial charge in [0.1, 0.15) is 19.0 Å². The van der Waals surface area contributed by atoms with Gasteiger partial charge in [0.05, 0.1) is 0 Å². The Morgan fingerprint density at radius 2 is 2.20 bits per heavy atom. The quantitative estimate of drug-likeness (QED) is 0.726. The number of carbonyl (C=O) groups is 1. The minimum atomic E-state index is -3.03. The van der Waals surface area contributed by atoms with Crippen molar-refractivity contribution in [1.29, 1.82) is 0 Å². The first-order valence-electron chi connectivity index (χ1n) is 3.54. The van der Waals surface area contributed by atoms with E-state index < -0.39 is 30.9 Å². The van der Waals surface area contributed by atoms with Gasteiger partial charge in [-0.1, -0.05) is 0 Å². The molecule has 0 aromatic carbocycles. The summed E-state index contributed by atoms with van der Waals surface area (Å²) in [5.74, 6) is -2.23. The van der Waals surface area contributed by atoms with Crippen molar-refractivity contribution in [2.75, 3.05) is 6.67 Å². The normalized spacial score (nSPS) is 12.3. The first-order valence-corrected chi connectivity index (χ1v) is 3.54. The molecule has 0 spiro atoms. The Morgan fingerprint density at radius 3 is 2.60 bits per heavy atom. The van der Waals surface area contributed by atoms with Crippen molar-refractivity contribution >= 4 is 24.8 Å². The number of carboxylic acids is 1. The second-order valence-electron chi connectivity index (χ2n) is 2.39. The van der Waals surface area contributed by atoms with Crippen LogP contribution in [0.15, 0.2) is 6.33 Å². The topological polar surface area (TPSA) is 68.0 Å². The van der Waals surface area contributed by atoms with E-state index in [0.717, 1.165) is 6.33 Å². The third-order valence-electron chi connectivity index (χ3n) is 1.53. The molecule has 1 atom stereocenters. The van der Waals surface area contributed by atoms with Crippen LogP contribution in [-0.2, 0) is 0 Å². The van der Waals surface area contributed by atoms with Crippen molar-refractivity contribution in [3.63, 3.8) is 0 Å². The Balaban J connectivity index is 0.00000196. The molecule has 0 amide bonds. The van der Waals surface area contributed by atoms with Crippen molar-refractivity contribution in [1.82, 2.24) is 14.8 Å². The number of hydrogen-bond donors (Lipinski definition) is 1. The van der Waals surface area contributed by atoms with Crippen LogP contribution in [0, 0.1) is 0 Å². The van der Waals surface area contributed by atoms with Crippen LogP contribution >= 0.6 is 0 Å². The van der Waals surface area contributed by atoms with E-state index in [4.69, 9.17) is 5.11 Å². The number of carboxylic acid groups (broad SMARTS) is 1. The van der Waals surface area contributed by atoms with Crippen molar-refractivity contribution in [3.8, 4) is 0 Å². The molecule has 0 saturated heterocycles. The zero-order valence-electron chi connectivity index (χ0n) is 6.77. The van der Waals surface area contributed by atoms with Gasteiger partial charge in [-0.05, 0) is 0 Å². The van der Waals surface area contributed by atoms with Crippen molar-refractivity contribution in [2.45, 2.75) is 12.5 Å². The number of halogens is 3. The number of rotatable bonds is 4. The minimum absolute atomic E-state index is 0. The fraction of sp³-hybridized carbons (Fsp3) is 0.500. The van der Waals surface area contributed by atoms with Crippen LogP contribution < -0.4 is 0 Å². The molecule has 1 heterocycles. The van der Waals surface area contributed by atoms with Gasteiger partial charge in [0.15, 0.2) is 0 Å². The predicted octanol–water partition coefficient (Wildman–Crippen LogP) is 0.103. The summed E-state index contributed by atoms with van der Waals surface area (Å²) in [7, 11) is 0. The Bertz CT molecular complexity index is 333. The van der Waals surface area contributed by atoms with Gasteiger partial charge in [-0.2, -0.15) is 5.10 Å². The molecule has 15 heavy (non-hydrogen) atoms. The molecule has 9 heteroatoms. The van der Waals surface area contributed by atoms with Gasteiger partial charge in [-0.15, -0.1) is 0 Å². The Hall–Kier alpha value is -1.00. The summed E-state index contributed by atoms with van der Waals surface area (Å²) >= 11 is 0. The van der Waals surface area contributed by atoms with Crippen LogP contribution in [0.3, 0.4) is 0 Å². The molecule has 0 fully saturated rings.